The first-order valence-corrected chi connectivity index (χ1v) is 9.79. The second-order valence-corrected chi connectivity index (χ2v) is 6.98. The molecule has 0 spiro atoms. The van der Waals surface area contributed by atoms with E-state index in [-0.39, 0.29) is 29.9 Å². The summed E-state index contributed by atoms with van der Waals surface area (Å²) in [4.78, 5) is 34.3. The van der Waals surface area contributed by atoms with Gasteiger partial charge in [0.2, 0.25) is 0 Å². The molecule has 4 heterocycles. The van der Waals surface area contributed by atoms with E-state index in [1.165, 1.54) is 6.33 Å². The van der Waals surface area contributed by atoms with E-state index in [2.05, 4.69) is 35.6 Å². The van der Waals surface area contributed by atoms with Crippen molar-refractivity contribution in [2.45, 2.75) is 13.0 Å². The van der Waals surface area contributed by atoms with E-state index >= 15 is 0 Å². The molecule has 32 heavy (non-hydrogen) atoms. The van der Waals surface area contributed by atoms with Crippen molar-refractivity contribution in [3.8, 4) is 17.3 Å². The van der Waals surface area contributed by atoms with E-state index in [1.807, 2.05) is 25.1 Å². The third kappa shape index (κ3) is 4.13. The topological polar surface area (TPSA) is 155 Å². The van der Waals surface area contributed by atoms with Crippen molar-refractivity contribution in [1.29, 1.82) is 5.26 Å². The maximum absolute atomic E-state index is 13.3. The fraction of sp³-hybridized carbons (Fsp3) is 0.136. The number of fused-ring (bicyclic) bond motifs is 1. The summed E-state index contributed by atoms with van der Waals surface area (Å²) < 4.78 is 0. The van der Waals surface area contributed by atoms with Gasteiger partial charge in [-0.15, -0.1) is 0 Å². The van der Waals surface area contributed by atoms with Crippen molar-refractivity contribution >= 4 is 28.6 Å². The molecular formula is C22H19N9O. The van der Waals surface area contributed by atoms with Crippen LogP contribution in [0.4, 0.5) is 11.6 Å². The van der Waals surface area contributed by atoms with Crippen LogP contribution < -0.4 is 16.4 Å². The highest BCUT2D eigenvalue weighted by molar-refractivity contribution is 6.09. The van der Waals surface area contributed by atoms with Crippen molar-refractivity contribution in [2.75, 3.05) is 17.6 Å². The molecule has 1 atom stereocenters. The number of nitrogens with one attached hydrogen (secondary N) is 2. The van der Waals surface area contributed by atoms with Crippen LogP contribution in [0.3, 0.4) is 0 Å². The van der Waals surface area contributed by atoms with E-state index in [9.17, 15) is 10.1 Å². The summed E-state index contributed by atoms with van der Waals surface area (Å²) in [7, 11) is 0. The summed E-state index contributed by atoms with van der Waals surface area (Å²) in [5.41, 5.74) is 8.59. The molecule has 0 aliphatic rings. The van der Waals surface area contributed by atoms with Gasteiger partial charge >= 0.3 is 0 Å². The zero-order valence-electron chi connectivity index (χ0n) is 17.1. The highest BCUT2D eigenvalue weighted by Gasteiger charge is 2.20. The molecule has 4 aromatic heterocycles. The number of carbonyl (C=O) groups excluding carboxylic acids is 1. The standard InChI is InChI=1S/C22H19N9O/c1-13(31-21-14(9-23)20(24)29-12-30-21)10-28-22(32)18-15(16-5-2-3-7-25-16)11-27-17-6-4-8-26-19(17)18/h2-8,11-13H,10H2,1H3,(H,28,32)(H3,24,29,30,31)/t13-/m1/s1. The van der Waals surface area contributed by atoms with E-state index in [0.29, 0.717) is 33.7 Å². The maximum atomic E-state index is 13.3. The zero-order chi connectivity index (χ0) is 22.5. The number of anilines is 2. The molecule has 0 radical (unpaired) electrons. The van der Waals surface area contributed by atoms with Crippen molar-refractivity contribution in [2.24, 2.45) is 0 Å². The van der Waals surface area contributed by atoms with Crippen LogP contribution in [-0.2, 0) is 0 Å². The molecule has 4 aromatic rings. The molecular weight excluding hydrogens is 406 g/mol. The van der Waals surface area contributed by atoms with E-state index in [0.717, 1.165) is 0 Å². The lowest BCUT2D eigenvalue weighted by atomic mass is 10.0. The number of hydrogen-bond acceptors (Lipinski definition) is 9. The minimum absolute atomic E-state index is 0.0931. The maximum Gasteiger partial charge on any atom is 0.254 e. The van der Waals surface area contributed by atoms with Gasteiger partial charge in [-0.2, -0.15) is 5.26 Å². The average molecular weight is 425 g/mol. The van der Waals surface area contributed by atoms with Gasteiger partial charge < -0.3 is 16.4 Å². The van der Waals surface area contributed by atoms with Gasteiger partial charge in [0.1, 0.15) is 35.1 Å². The van der Waals surface area contributed by atoms with Crippen LogP contribution in [0.15, 0.2) is 55.2 Å². The number of aromatic nitrogens is 5. The van der Waals surface area contributed by atoms with Crippen LogP contribution in [0, 0.1) is 11.3 Å². The first kappa shape index (κ1) is 20.6. The Bertz CT molecular complexity index is 1320. The molecule has 0 bridgehead atoms. The Kier molecular flexibility index (Phi) is 5.81. The minimum atomic E-state index is -0.312. The normalized spacial score (nSPS) is 11.5. The van der Waals surface area contributed by atoms with Crippen molar-refractivity contribution in [3.63, 3.8) is 0 Å². The highest BCUT2D eigenvalue weighted by Crippen LogP contribution is 2.26. The molecule has 0 saturated heterocycles. The molecule has 0 unspecified atom stereocenters. The van der Waals surface area contributed by atoms with Crippen molar-refractivity contribution in [1.82, 2.24) is 30.2 Å². The molecule has 158 valence electrons. The van der Waals surface area contributed by atoms with Crippen LogP contribution in [0.5, 0.6) is 0 Å². The summed E-state index contributed by atoms with van der Waals surface area (Å²) in [5, 5.41) is 15.3. The van der Waals surface area contributed by atoms with Crippen LogP contribution in [0.1, 0.15) is 22.8 Å². The van der Waals surface area contributed by atoms with Gasteiger partial charge in [-0.3, -0.25) is 19.7 Å². The quantitative estimate of drug-likeness (QED) is 0.421. The predicted molar refractivity (Wildman–Crippen MR) is 119 cm³/mol. The number of amides is 1. The van der Waals surface area contributed by atoms with Gasteiger partial charge in [-0.25, -0.2) is 9.97 Å². The number of hydrogen-bond donors (Lipinski definition) is 3. The van der Waals surface area contributed by atoms with Crippen LogP contribution in [0.2, 0.25) is 0 Å². The Morgan fingerprint density at radius 2 is 1.97 bits per heavy atom. The Labute approximate surface area is 183 Å². The fourth-order valence-corrected chi connectivity index (χ4v) is 3.20. The number of nitrogens with zero attached hydrogens (tertiary/aromatic N) is 6. The Morgan fingerprint density at radius 3 is 2.75 bits per heavy atom. The lowest BCUT2D eigenvalue weighted by Gasteiger charge is -2.17. The number of nitrogens with two attached hydrogens (primary N) is 1. The highest BCUT2D eigenvalue weighted by atomic mass is 16.1. The van der Waals surface area contributed by atoms with Gasteiger partial charge in [0.05, 0.1) is 16.8 Å². The number of carbonyl (C=O) groups is 1. The van der Waals surface area contributed by atoms with Gasteiger partial charge in [0.25, 0.3) is 5.91 Å². The largest absolute Gasteiger partial charge is 0.382 e. The minimum Gasteiger partial charge on any atom is -0.382 e. The Hall–Kier alpha value is -4.65. The summed E-state index contributed by atoms with van der Waals surface area (Å²) in [5.74, 6) is 0.0932. The third-order valence-electron chi connectivity index (χ3n) is 4.73. The first-order valence-electron chi connectivity index (χ1n) is 9.79. The molecule has 10 nitrogen and oxygen atoms in total. The van der Waals surface area contributed by atoms with Crippen LogP contribution in [0.25, 0.3) is 22.3 Å². The predicted octanol–water partition coefficient (Wildman–Crippen LogP) is 2.17. The van der Waals surface area contributed by atoms with E-state index in [1.54, 1.807) is 36.8 Å². The molecule has 0 fully saturated rings. The zero-order valence-corrected chi connectivity index (χ0v) is 17.1. The molecule has 0 aliphatic carbocycles. The van der Waals surface area contributed by atoms with Gasteiger partial charge in [-0.1, -0.05) is 6.07 Å². The molecule has 0 aromatic carbocycles. The fourth-order valence-electron chi connectivity index (χ4n) is 3.20. The number of pyridine rings is 3. The third-order valence-corrected chi connectivity index (χ3v) is 4.73. The van der Waals surface area contributed by atoms with Crippen LogP contribution >= 0.6 is 0 Å². The molecule has 4 N–H and O–H groups in total. The van der Waals surface area contributed by atoms with Crippen molar-refractivity contribution < 1.29 is 4.79 Å². The SMILES string of the molecule is C[C@H](CNC(=O)c1c(-c2ccccn2)cnc2cccnc12)Nc1ncnc(N)c1C#N. The number of rotatable bonds is 6. The summed E-state index contributed by atoms with van der Waals surface area (Å²) in [6.07, 6.45) is 6.19. The summed E-state index contributed by atoms with van der Waals surface area (Å²) >= 11 is 0. The molecule has 4 rings (SSSR count). The first-order chi connectivity index (χ1) is 15.6. The number of nitriles is 1. The van der Waals surface area contributed by atoms with Crippen LogP contribution in [-0.4, -0.2) is 43.4 Å². The molecule has 0 saturated carbocycles. The van der Waals surface area contributed by atoms with Crippen molar-refractivity contribution in [3.05, 3.63) is 66.4 Å². The Balaban J connectivity index is 1.59. The Morgan fingerprint density at radius 1 is 1.12 bits per heavy atom. The second kappa shape index (κ2) is 9.01. The average Bonchev–Trinajstić information content (AvgIpc) is 2.82. The monoisotopic (exact) mass is 425 g/mol. The summed E-state index contributed by atoms with van der Waals surface area (Å²) in [6, 6.07) is 10.8. The smallest absolute Gasteiger partial charge is 0.254 e. The molecule has 10 heteroatoms. The van der Waals surface area contributed by atoms with Gasteiger partial charge in [0.15, 0.2) is 0 Å². The lowest BCUT2D eigenvalue weighted by molar-refractivity contribution is 0.0954. The molecule has 1 amide bonds. The lowest BCUT2D eigenvalue weighted by Crippen LogP contribution is -2.35. The second-order valence-electron chi connectivity index (χ2n) is 6.98. The van der Waals surface area contributed by atoms with E-state index < -0.39 is 0 Å². The number of nitrogen functional groups attached to an aromatic ring is 1. The summed E-state index contributed by atoms with van der Waals surface area (Å²) in [6.45, 7) is 2.11. The molecule has 0 aliphatic heterocycles. The van der Waals surface area contributed by atoms with Gasteiger partial charge in [-0.05, 0) is 31.2 Å². The van der Waals surface area contributed by atoms with E-state index in [4.69, 9.17) is 5.73 Å². The van der Waals surface area contributed by atoms with Gasteiger partial charge in [0, 0.05) is 36.7 Å².